The van der Waals surface area contributed by atoms with Crippen molar-refractivity contribution >= 4 is 21.8 Å². The second kappa shape index (κ2) is 9.95. The molecule has 2 amide bonds. The number of rotatable bonds is 5. The summed E-state index contributed by atoms with van der Waals surface area (Å²) >= 11 is 0. The van der Waals surface area contributed by atoms with Crippen LogP contribution in [0.5, 0.6) is 0 Å². The number of carbonyl (C=O) groups excluding carboxylic acids is 2. The summed E-state index contributed by atoms with van der Waals surface area (Å²) in [6.45, 7) is 2.11. The van der Waals surface area contributed by atoms with E-state index in [9.17, 15) is 18.0 Å². The van der Waals surface area contributed by atoms with E-state index in [4.69, 9.17) is 0 Å². The van der Waals surface area contributed by atoms with E-state index in [0.29, 0.717) is 31.6 Å². The Kier molecular flexibility index (Phi) is 7.24. The minimum Gasteiger partial charge on any atom is -0.353 e. The van der Waals surface area contributed by atoms with Gasteiger partial charge in [-0.25, -0.2) is 8.42 Å². The zero-order valence-electron chi connectivity index (χ0n) is 19.1. The Morgan fingerprint density at radius 2 is 1.53 bits per heavy atom. The molecule has 0 spiro atoms. The van der Waals surface area contributed by atoms with Gasteiger partial charge in [0.25, 0.3) is 5.91 Å². The molecule has 178 valence electrons. The van der Waals surface area contributed by atoms with E-state index in [2.05, 4.69) is 5.32 Å². The third kappa shape index (κ3) is 5.03. The molecule has 1 aromatic rings. The van der Waals surface area contributed by atoms with E-state index in [0.717, 1.165) is 38.8 Å². The van der Waals surface area contributed by atoms with Crippen molar-refractivity contribution in [1.29, 1.82) is 0 Å². The van der Waals surface area contributed by atoms with Gasteiger partial charge in [-0.2, -0.15) is 4.31 Å². The van der Waals surface area contributed by atoms with Gasteiger partial charge in [-0.1, -0.05) is 25.7 Å². The van der Waals surface area contributed by atoms with Crippen LogP contribution in [0.25, 0.3) is 0 Å². The molecule has 0 radical (unpaired) electrons. The number of sulfonamides is 1. The van der Waals surface area contributed by atoms with Crippen molar-refractivity contribution in [2.45, 2.75) is 75.1 Å². The number of aryl methyl sites for hydroxylation is 1. The third-order valence-corrected chi connectivity index (χ3v) is 9.12. The van der Waals surface area contributed by atoms with Crippen molar-refractivity contribution in [2.75, 3.05) is 26.2 Å². The van der Waals surface area contributed by atoms with E-state index in [1.165, 1.54) is 42.3 Å². The Bertz CT molecular complexity index is 920. The third-order valence-electron chi connectivity index (χ3n) is 7.26. The summed E-state index contributed by atoms with van der Waals surface area (Å²) in [5.41, 5.74) is 0.406. The quantitative estimate of drug-likeness (QED) is 0.678. The molecule has 1 aromatic heterocycles. The molecule has 3 heterocycles. The zero-order chi connectivity index (χ0) is 22.7. The first kappa shape index (κ1) is 23.3. The SMILES string of the molecule is Cn1cc(S(=O)(=O)N2CCC(C(=O)NC3CCCCCC3)CC2)cc1C(=O)N1CCCC1. The maximum atomic E-state index is 13.2. The highest BCUT2D eigenvalue weighted by Gasteiger charge is 2.34. The van der Waals surface area contributed by atoms with Crippen molar-refractivity contribution in [3.05, 3.63) is 18.0 Å². The second-order valence-electron chi connectivity index (χ2n) is 9.55. The maximum absolute atomic E-state index is 13.2. The molecule has 0 atom stereocenters. The fourth-order valence-corrected chi connectivity index (χ4v) is 6.76. The highest BCUT2D eigenvalue weighted by atomic mass is 32.2. The van der Waals surface area contributed by atoms with Crippen LogP contribution in [0.2, 0.25) is 0 Å². The molecule has 32 heavy (non-hydrogen) atoms. The predicted octanol–water partition coefficient (Wildman–Crippen LogP) is 2.50. The van der Waals surface area contributed by atoms with Gasteiger partial charge in [0.05, 0.1) is 0 Å². The van der Waals surface area contributed by atoms with Gasteiger partial charge < -0.3 is 14.8 Å². The second-order valence-corrected chi connectivity index (χ2v) is 11.5. The molecule has 9 heteroatoms. The molecule has 0 unspecified atom stereocenters. The Morgan fingerprint density at radius 1 is 0.906 bits per heavy atom. The van der Waals surface area contributed by atoms with Gasteiger partial charge in [0.2, 0.25) is 15.9 Å². The highest BCUT2D eigenvalue weighted by molar-refractivity contribution is 7.89. The molecule has 1 N–H and O–H groups in total. The van der Waals surface area contributed by atoms with Crippen LogP contribution in [0, 0.1) is 5.92 Å². The molecule has 2 saturated heterocycles. The summed E-state index contributed by atoms with van der Waals surface area (Å²) in [6.07, 6.45) is 11.5. The summed E-state index contributed by atoms with van der Waals surface area (Å²) in [7, 11) is -1.98. The number of likely N-dealkylation sites (tertiary alicyclic amines) is 1. The largest absolute Gasteiger partial charge is 0.353 e. The molecule has 1 aliphatic carbocycles. The minimum absolute atomic E-state index is 0.0761. The van der Waals surface area contributed by atoms with Gasteiger partial charge in [-0.3, -0.25) is 9.59 Å². The molecule has 0 bridgehead atoms. The van der Waals surface area contributed by atoms with Crippen molar-refractivity contribution in [1.82, 2.24) is 19.1 Å². The highest BCUT2D eigenvalue weighted by Crippen LogP contribution is 2.26. The van der Waals surface area contributed by atoms with E-state index < -0.39 is 10.0 Å². The fraction of sp³-hybridized carbons (Fsp3) is 0.739. The summed E-state index contributed by atoms with van der Waals surface area (Å²) in [6, 6.07) is 1.77. The maximum Gasteiger partial charge on any atom is 0.270 e. The van der Waals surface area contributed by atoms with Crippen LogP contribution in [0.1, 0.15) is 74.7 Å². The van der Waals surface area contributed by atoms with Gasteiger partial charge in [0, 0.05) is 51.4 Å². The van der Waals surface area contributed by atoms with E-state index in [1.54, 1.807) is 16.5 Å². The molecule has 8 nitrogen and oxygen atoms in total. The molecular formula is C23H36N4O4S. The van der Waals surface area contributed by atoms with Gasteiger partial charge in [-0.15, -0.1) is 0 Å². The summed E-state index contributed by atoms with van der Waals surface area (Å²) < 4.78 is 29.5. The fourth-order valence-electron chi connectivity index (χ4n) is 5.22. The van der Waals surface area contributed by atoms with Crippen molar-refractivity contribution in [3.8, 4) is 0 Å². The minimum atomic E-state index is -3.69. The lowest BCUT2D eigenvalue weighted by atomic mass is 9.96. The first-order chi connectivity index (χ1) is 15.4. The van der Waals surface area contributed by atoms with Crippen molar-refractivity contribution < 1.29 is 18.0 Å². The van der Waals surface area contributed by atoms with Crippen LogP contribution in [0.4, 0.5) is 0 Å². The average Bonchev–Trinajstić information content (AvgIpc) is 3.39. The molecule has 1 saturated carbocycles. The Labute approximate surface area is 191 Å². The van der Waals surface area contributed by atoms with Crippen LogP contribution in [0.3, 0.4) is 0 Å². The Hall–Kier alpha value is -1.87. The predicted molar refractivity (Wildman–Crippen MR) is 122 cm³/mol. The monoisotopic (exact) mass is 464 g/mol. The first-order valence-corrected chi connectivity index (χ1v) is 13.6. The molecule has 3 fully saturated rings. The van der Waals surface area contributed by atoms with Crippen LogP contribution in [-0.2, 0) is 21.9 Å². The lowest BCUT2D eigenvalue weighted by Crippen LogP contribution is -2.45. The standard InChI is InChI=1S/C23H36N4O4S/c1-25-17-20(16-21(25)23(29)26-12-6-7-13-26)32(30,31)27-14-10-18(11-15-27)22(28)24-19-8-4-2-3-5-9-19/h16-19H,2-15H2,1H3,(H,24,28). The van der Waals surface area contributed by atoms with Crippen LogP contribution >= 0.6 is 0 Å². The number of hydrogen-bond donors (Lipinski definition) is 1. The molecular weight excluding hydrogens is 428 g/mol. The van der Waals surface area contributed by atoms with Gasteiger partial charge >= 0.3 is 0 Å². The number of amides is 2. The van der Waals surface area contributed by atoms with Gasteiger partial charge in [-0.05, 0) is 44.6 Å². The zero-order valence-corrected chi connectivity index (χ0v) is 19.9. The van der Waals surface area contributed by atoms with Crippen LogP contribution < -0.4 is 5.32 Å². The van der Waals surface area contributed by atoms with E-state index >= 15 is 0 Å². The number of carbonyl (C=O) groups is 2. The number of piperidine rings is 1. The molecule has 4 rings (SSSR count). The van der Waals surface area contributed by atoms with E-state index in [1.807, 2.05) is 0 Å². The summed E-state index contributed by atoms with van der Waals surface area (Å²) in [5, 5.41) is 3.21. The van der Waals surface area contributed by atoms with E-state index in [-0.39, 0.29) is 28.7 Å². The smallest absolute Gasteiger partial charge is 0.270 e. The Balaban J connectivity index is 1.36. The summed E-state index contributed by atoms with van der Waals surface area (Å²) in [5.74, 6) is -0.166. The Morgan fingerprint density at radius 3 is 2.16 bits per heavy atom. The van der Waals surface area contributed by atoms with Gasteiger partial charge in [0.1, 0.15) is 10.6 Å². The number of aromatic nitrogens is 1. The number of nitrogens with zero attached hydrogens (tertiary/aromatic N) is 3. The number of nitrogens with one attached hydrogen (secondary N) is 1. The average molecular weight is 465 g/mol. The molecule has 0 aromatic carbocycles. The van der Waals surface area contributed by atoms with Crippen LogP contribution in [0.15, 0.2) is 17.2 Å². The topological polar surface area (TPSA) is 91.7 Å². The molecule has 2 aliphatic heterocycles. The van der Waals surface area contributed by atoms with Crippen molar-refractivity contribution in [3.63, 3.8) is 0 Å². The van der Waals surface area contributed by atoms with Crippen LogP contribution in [-0.4, -0.2) is 66.2 Å². The lowest BCUT2D eigenvalue weighted by Gasteiger charge is -2.31. The van der Waals surface area contributed by atoms with Gasteiger partial charge in [0.15, 0.2) is 0 Å². The lowest BCUT2D eigenvalue weighted by molar-refractivity contribution is -0.126. The normalized spacial score (nSPS) is 22.1. The van der Waals surface area contributed by atoms with Crippen molar-refractivity contribution in [2.24, 2.45) is 13.0 Å². The summed E-state index contributed by atoms with van der Waals surface area (Å²) in [4.78, 5) is 27.4. The molecule has 3 aliphatic rings. The first-order valence-electron chi connectivity index (χ1n) is 12.1. The number of hydrogen-bond acceptors (Lipinski definition) is 4.